The summed E-state index contributed by atoms with van der Waals surface area (Å²) in [4.78, 5) is 27.5. The quantitative estimate of drug-likeness (QED) is 0.521. The van der Waals surface area contributed by atoms with Gasteiger partial charge in [0.25, 0.3) is 0 Å². The van der Waals surface area contributed by atoms with Gasteiger partial charge in [-0.1, -0.05) is 75.7 Å². The summed E-state index contributed by atoms with van der Waals surface area (Å²) >= 11 is 6.13. The molecule has 1 atom stereocenters. The minimum Gasteiger partial charge on any atom is -0.354 e. The van der Waals surface area contributed by atoms with Crippen LogP contribution >= 0.6 is 11.6 Å². The predicted octanol–water partition coefficient (Wildman–Crippen LogP) is 5.59. The number of hydrogen-bond donors (Lipinski definition) is 1. The molecule has 168 valence electrons. The molecule has 0 bridgehead atoms. The second kappa shape index (κ2) is 11.9. The molecule has 0 unspecified atom stereocenters. The van der Waals surface area contributed by atoms with E-state index in [-0.39, 0.29) is 11.8 Å². The van der Waals surface area contributed by atoms with Gasteiger partial charge in [-0.05, 0) is 54.0 Å². The van der Waals surface area contributed by atoms with Gasteiger partial charge in [0.1, 0.15) is 6.04 Å². The van der Waals surface area contributed by atoms with Crippen molar-refractivity contribution in [3.05, 3.63) is 70.2 Å². The zero-order valence-electron chi connectivity index (χ0n) is 19.3. The van der Waals surface area contributed by atoms with Crippen molar-refractivity contribution in [3.63, 3.8) is 0 Å². The first-order valence-electron chi connectivity index (χ1n) is 11.1. The second-order valence-corrected chi connectivity index (χ2v) is 9.30. The van der Waals surface area contributed by atoms with Crippen molar-refractivity contribution in [3.8, 4) is 0 Å². The van der Waals surface area contributed by atoms with Crippen LogP contribution in [0, 0.1) is 5.92 Å². The number of aryl methyl sites for hydroxylation is 1. The summed E-state index contributed by atoms with van der Waals surface area (Å²) in [6.07, 6.45) is 0.993. The molecule has 0 spiro atoms. The Labute approximate surface area is 192 Å². The number of carbonyl (C=O) groups excluding carboxylic acids is 2. The number of carbonyl (C=O) groups is 2. The molecule has 0 aromatic heterocycles. The minimum absolute atomic E-state index is 0.0416. The second-order valence-electron chi connectivity index (χ2n) is 8.86. The molecular formula is C26H35ClN2O2. The van der Waals surface area contributed by atoms with Crippen LogP contribution in [0.5, 0.6) is 0 Å². The minimum atomic E-state index is -0.562. The summed E-state index contributed by atoms with van der Waals surface area (Å²) in [6.45, 7) is 11.1. The molecule has 0 aliphatic rings. The van der Waals surface area contributed by atoms with Crippen molar-refractivity contribution >= 4 is 23.4 Å². The lowest BCUT2D eigenvalue weighted by Gasteiger charge is -2.29. The summed E-state index contributed by atoms with van der Waals surface area (Å²) in [5, 5.41) is 3.56. The van der Waals surface area contributed by atoms with Crippen LogP contribution in [0.4, 0.5) is 0 Å². The van der Waals surface area contributed by atoms with Crippen molar-refractivity contribution < 1.29 is 9.59 Å². The first-order valence-corrected chi connectivity index (χ1v) is 11.5. The van der Waals surface area contributed by atoms with E-state index >= 15 is 0 Å². The molecule has 4 nitrogen and oxygen atoms in total. The van der Waals surface area contributed by atoms with Crippen LogP contribution < -0.4 is 5.32 Å². The highest BCUT2D eigenvalue weighted by Gasteiger charge is 2.26. The lowest BCUT2D eigenvalue weighted by atomic mass is 10.00. The van der Waals surface area contributed by atoms with E-state index in [0.29, 0.717) is 42.8 Å². The van der Waals surface area contributed by atoms with Gasteiger partial charge in [-0.25, -0.2) is 0 Å². The van der Waals surface area contributed by atoms with Gasteiger partial charge in [-0.3, -0.25) is 9.59 Å². The van der Waals surface area contributed by atoms with Gasteiger partial charge < -0.3 is 10.2 Å². The van der Waals surface area contributed by atoms with E-state index in [9.17, 15) is 9.59 Å². The molecule has 0 radical (unpaired) electrons. The molecular weight excluding hydrogens is 408 g/mol. The standard InChI is InChI=1S/C26H35ClN2O2/c1-18(2)16-28-26(31)20(5)29(17-22-7-6-8-24(27)15-22)25(30)14-11-21-9-12-23(13-10-21)19(3)4/h6-10,12-13,15,18-20H,11,14,16-17H2,1-5H3,(H,28,31)/t20-/m0/s1. The van der Waals surface area contributed by atoms with Crippen molar-refractivity contribution in [2.24, 2.45) is 5.92 Å². The Bertz CT molecular complexity index is 862. The lowest BCUT2D eigenvalue weighted by Crippen LogP contribution is -2.48. The van der Waals surface area contributed by atoms with E-state index in [2.05, 4.69) is 43.4 Å². The fourth-order valence-corrected chi connectivity index (χ4v) is 3.54. The maximum Gasteiger partial charge on any atom is 0.242 e. The zero-order chi connectivity index (χ0) is 23.0. The molecule has 31 heavy (non-hydrogen) atoms. The van der Waals surface area contributed by atoms with Crippen molar-refractivity contribution in [2.45, 2.75) is 66.0 Å². The highest BCUT2D eigenvalue weighted by Crippen LogP contribution is 2.18. The maximum absolute atomic E-state index is 13.2. The predicted molar refractivity (Wildman–Crippen MR) is 128 cm³/mol. The first kappa shape index (κ1) is 24.9. The Kier molecular flexibility index (Phi) is 9.57. The number of hydrogen-bond acceptors (Lipinski definition) is 2. The molecule has 1 N–H and O–H groups in total. The molecule has 2 aromatic rings. The van der Waals surface area contributed by atoms with Crippen LogP contribution in [0.3, 0.4) is 0 Å². The van der Waals surface area contributed by atoms with Gasteiger partial charge in [0.05, 0.1) is 0 Å². The third-order valence-electron chi connectivity index (χ3n) is 5.37. The molecule has 0 fully saturated rings. The van der Waals surface area contributed by atoms with Gasteiger partial charge in [0.15, 0.2) is 0 Å². The van der Waals surface area contributed by atoms with Gasteiger partial charge >= 0.3 is 0 Å². The number of halogens is 1. The van der Waals surface area contributed by atoms with Crippen LogP contribution in [0.25, 0.3) is 0 Å². The molecule has 0 saturated heterocycles. The van der Waals surface area contributed by atoms with E-state index in [1.807, 2.05) is 32.0 Å². The first-order chi connectivity index (χ1) is 14.7. The largest absolute Gasteiger partial charge is 0.354 e. The van der Waals surface area contributed by atoms with Crippen molar-refractivity contribution in [2.75, 3.05) is 6.54 Å². The average molecular weight is 443 g/mol. The van der Waals surface area contributed by atoms with Crippen molar-refractivity contribution in [1.29, 1.82) is 0 Å². The third-order valence-corrected chi connectivity index (χ3v) is 5.60. The topological polar surface area (TPSA) is 49.4 Å². The van der Waals surface area contributed by atoms with Crippen LogP contribution in [0.1, 0.15) is 63.6 Å². The molecule has 0 aliphatic heterocycles. The number of amides is 2. The number of rotatable bonds is 10. The Morgan fingerprint density at radius 3 is 2.23 bits per heavy atom. The third kappa shape index (κ3) is 8.02. The fraction of sp³-hybridized carbons (Fsp3) is 0.462. The SMILES string of the molecule is CC(C)CNC(=O)[C@H](C)N(Cc1cccc(Cl)c1)C(=O)CCc1ccc(C(C)C)cc1. The molecule has 0 aliphatic carbocycles. The number of nitrogens with zero attached hydrogens (tertiary/aromatic N) is 1. The molecule has 5 heteroatoms. The summed E-state index contributed by atoms with van der Waals surface area (Å²) in [6, 6.07) is 15.3. The summed E-state index contributed by atoms with van der Waals surface area (Å²) < 4.78 is 0. The average Bonchev–Trinajstić information content (AvgIpc) is 2.74. The zero-order valence-corrected chi connectivity index (χ0v) is 20.1. The monoisotopic (exact) mass is 442 g/mol. The van der Waals surface area contributed by atoms with Crippen LogP contribution in [-0.4, -0.2) is 29.3 Å². The summed E-state index contributed by atoms with van der Waals surface area (Å²) in [5.41, 5.74) is 3.32. The molecule has 0 heterocycles. The van der Waals surface area contributed by atoms with Crippen LogP contribution in [0.15, 0.2) is 48.5 Å². The Morgan fingerprint density at radius 2 is 1.65 bits per heavy atom. The van der Waals surface area contributed by atoms with Gasteiger partial charge in [-0.15, -0.1) is 0 Å². The highest BCUT2D eigenvalue weighted by atomic mass is 35.5. The maximum atomic E-state index is 13.2. The van der Waals surface area contributed by atoms with E-state index in [1.165, 1.54) is 5.56 Å². The van der Waals surface area contributed by atoms with E-state index in [0.717, 1.165) is 11.1 Å². The summed E-state index contributed by atoms with van der Waals surface area (Å²) in [5.74, 6) is 0.654. The normalized spacial score (nSPS) is 12.1. The molecule has 0 saturated carbocycles. The van der Waals surface area contributed by atoms with Gasteiger partial charge in [-0.2, -0.15) is 0 Å². The smallest absolute Gasteiger partial charge is 0.242 e. The number of benzene rings is 2. The van der Waals surface area contributed by atoms with E-state index in [1.54, 1.807) is 17.9 Å². The van der Waals surface area contributed by atoms with Gasteiger partial charge in [0.2, 0.25) is 11.8 Å². The Morgan fingerprint density at radius 1 is 0.968 bits per heavy atom. The highest BCUT2D eigenvalue weighted by molar-refractivity contribution is 6.30. The molecule has 2 rings (SSSR count). The van der Waals surface area contributed by atoms with E-state index in [4.69, 9.17) is 11.6 Å². The number of nitrogens with one attached hydrogen (secondary N) is 1. The molecule has 2 aromatic carbocycles. The van der Waals surface area contributed by atoms with Crippen molar-refractivity contribution in [1.82, 2.24) is 10.2 Å². The lowest BCUT2D eigenvalue weighted by molar-refractivity contribution is -0.140. The fourth-order valence-electron chi connectivity index (χ4n) is 3.33. The van der Waals surface area contributed by atoms with E-state index < -0.39 is 6.04 Å². The Balaban J connectivity index is 2.11. The van der Waals surface area contributed by atoms with Gasteiger partial charge in [0, 0.05) is 24.5 Å². The Hall–Kier alpha value is -2.33. The van der Waals surface area contributed by atoms with Crippen LogP contribution in [-0.2, 0) is 22.6 Å². The summed E-state index contributed by atoms with van der Waals surface area (Å²) in [7, 11) is 0. The van der Waals surface area contributed by atoms with Crippen LogP contribution in [0.2, 0.25) is 5.02 Å². The molecule has 2 amide bonds.